The predicted octanol–water partition coefficient (Wildman–Crippen LogP) is 3.88. The number of pyridine rings is 1. The van der Waals surface area contributed by atoms with Crippen LogP contribution in [0.2, 0.25) is 0 Å². The van der Waals surface area contributed by atoms with Gasteiger partial charge in [-0.2, -0.15) is 5.26 Å². The van der Waals surface area contributed by atoms with Gasteiger partial charge in [-0.25, -0.2) is 9.97 Å². The Hall–Kier alpha value is -2.92. The van der Waals surface area contributed by atoms with Crippen LogP contribution < -0.4 is 0 Å². The maximum Gasteiger partial charge on any atom is 0.144 e. The van der Waals surface area contributed by atoms with E-state index in [2.05, 4.69) is 17.0 Å². The van der Waals surface area contributed by atoms with Crippen molar-refractivity contribution < 1.29 is 4.74 Å². The molecular formula is C23H21N5OS. The zero-order chi connectivity index (χ0) is 20.3. The highest BCUT2D eigenvalue weighted by Crippen LogP contribution is 2.30. The van der Waals surface area contributed by atoms with Gasteiger partial charge in [0.15, 0.2) is 0 Å². The molecule has 1 aliphatic heterocycles. The second-order valence-corrected chi connectivity index (χ2v) is 8.24. The predicted molar refractivity (Wildman–Crippen MR) is 117 cm³/mol. The number of morpholine rings is 1. The zero-order valence-electron chi connectivity index (χ0n) is 16.5. The van der Waals surface area contributed by atoms with Crippen LogP contribution in [0, 0.1) is 11.3 Å². The quantitative estimate of drug-likeness (QED) is 0.364. The fourth-order valence-corrected chi connectivity index (χ4v) is 4.80. The minimum atomic E-state index is 0.683. The molecule has 0 atom stereocenters. The Kier molecular flexibility index (Phi) is 5.37. The first-order valence-corrected chi connectivity index (χ1v) is 11.0. The van der Waals surface area contributed by atoms with E-state index in [4.69, 9.17) is 14.7 Å². The zero-order valence-corrected chi connectivity index (χ0v) is 17.3. The van der Waals surface area contributed by atoms with Crippen LogP contribution in [0.25, 0.3) is 16.4 Å². The standard InChI is InChI=1S/C23H21N5OS/c24-13-19-17(14-28-8-4-3-7-21(19)28)16-30-23-18-5-1-2-6-20(18)25-22(26-23)15-27-9-11-29-12-10-27/h1-8,14H,9-12,15-16H2. The van der Waals surface area contributed by atoms with Crippen LogP contribution in [0.4, 0.5) is 0 Å². The van der Waals surface area contributed by atoms with Gasteiger partial charge in [-0.15, -0.1) is 11.8 Å². The molecule has 4 heterocycles. The van der Waals surface area contributed by atoms with E-state index in [-0.39, 0.29) is 0 Å². The molecule has 0 radical (unpaired) electrons. The SMILES string of the molecule is N#Cc1c(CSc2nc(CN3CCOCC3)nc3ccccc23)cn2ccccc12. The normalized spacial score (nSPS) is 14.9. The summed E-state index contributed by atoms with van der Waals surface area (Å²) < 4.78 is 7.46. The smallest absolute Gasteiger partial charge is 0.144 e. The van der Waals surface area contributed by atoms with E-state index < -0.39 is 0 Å². The van der Waals surface area contributed by atoms with E-state index >= 15 is 0 Å². The largest absolute Gasteiger partial charge is 0.379 e. The lowest BCUT2D eigenvalue weighted by Gasteiger charge is -2.25. The van der Waals surface area contributed by atoms with Crippen molar-refractivity contribution in [3.05, 3.63) is 71.8 Å². The monoisotopic (exact) mass is 415 g/mol. The number of para-hydroxylation sites is 1. The fourth-order valence-electron chi connectivity index (χ4n) is 3.80. The van der Waals surface area contributed by atoms with Gasteiger partial charge in [0, 0.05) is 36.6 Å². The van der Waals surface area contributed by atoms with Crippen LogP contribution in [0.1, 0.15) is 17.0 Å². The average molecular weight is 416 g/mol. The van der Waals surface area contributed by atoms with Gasteiger partial charge in [0.25, 0.3) is 0 Å². The first kappa shape index (κ1) is 19.1. The van der Waals surface area contributed by atoms with E-state index in [1.807, 2.05) is 53.2 Å². The molecule has 0 unspecified atom stereocenters. The number of rotatable bonds is 5. The molecule has 5 rings (SSSR count). The molecular weight excluding hydrogens is 394 g/mol. The lowest BCUT2D eigenvalue weighted by molar-refractivity contribution is 0.0330. The van der Waals surface area contributed by atoms with E-state index in [9.17, 15) is 5.26 Å². The Morgan fingerprint density at radius 2 is 1.90 bits per heavy atom. The van der Waals surface area contributed by atoms with Crippen LogP contribution in [0.3, 0.4) is 0 Å². The van der Waals surface area contributed by atoms with Crippen LogP contribution in [-0.4, -0.2) is 45.6 Å². The number of hydrogen-bond acceptors (Lipinski definition) is 6. The Bertz CT molecular complexity index is 1240. The van der Waals surface area contributed by atoms with Crippen molar-refractivity contribution in [3.8, 4) is 6.07 Å². The molecule has 3 aromatic heterocycles. The van der Waals surface area contributed by atoms with Crippen LogP contribution in [0.15, 0.2) is 59.9 Å². The van der Waals surface area contributed by atoms with Gasteiger partial charge in [0.1, 0.15) is 16.9 Å². The van der Waals surface area contributed by atoms with Crippen LogP contribution in [-0.2, 0) is 17.0 Å². The van der Waals surface area contributed by atoms with Gasteiger partial charge in [0.05, 0.1) is 36.4 Å². The summed E-state index contributed by atoms with van der Waals surface area (Å²) in [5.74, 6) is 1.52. The first-order valence-electron chi connectivity index (χ1n) is 9.99. The van der Waals surface area contributed by atoms with Crippen molar-refractivity contribution in [1.29, 1.82) is 5.26 Å². The number of hydrogen-bond donors (Lipinski definition) is 0. The fraction of sp³-hybridized carbons (Fsp3) is 0.261. The van der Waals surface area contributed by atoms with Crippen LogP contribution >= 0.6 is 11.8 Å². The Labute approximate surface area is 179 Å². The number of nitriles is 1. The Morgan fingerprint density at radius 1 is 1.07 bits per heavy atom. The molecule has 0 N–H and O–H groups in total. The summed E-state index contributed by atoms with van der Waals surface area (Å²) in [5, 5.41) is 11.7. The van der Waals surface area contributed by atoms with Crippen molar-refractivity contribution in [2.24, 2.45) is 0 Å². The number of nitrogens with zero attached hydrogens (tertiary/aromatic N) is 5. The van der Waals surface area contributed by atoms with Gasteiger partial charge in [-0.3, -0.25) is 4.90 Å². The van der Waals surface area contributed by atoms with E-state index in [1.54, 1.807) is 11.8 Å². The summed E-state index contributed by atoms with van der Waals surface area (Å²) in [4.78, 5) is 12.0. The van der Waals surface area contributed by atoms with Gasteiger partial charge < -0.3 is 9.14 Å². The molecule has 0 aliphatic carbocycles. The number of thioether (sulfide) groups is 1. The summed E-state index contributed by atoms with van der Waals surface area (Å²) in [6, 6.07) is 16.4. The molecule has 0 bridgehead atoms. The molecule has 150 valence electrons. The number of fused-ring (bicyclic) bond motifs is 2. The highest BCUT2D eigenvalue weighted by atomic mass is 32.2. The molecule has 0 amide bonds. The molecule has 4 aromatic rings. The topological polar surface area (TPSA) is 66.5 Å². The minimum absolute atomic E-state index is 0.683. The average Bonchev–Trinajstić information content (AvgIpc) is 3.15. The van der Waals surface area contributed by atoms with E-state index in [0.29, 0.717) is 5.75 Å². The summed E-state index contributed by atoms with van der Waals surface area (Å²) in [6.07, 6.45) is 4.02. The molecule has 1 aliphatic rings. The lowest BCUT2D eigenvalue weighted by atomic mass is 10.2. The maximum absolute atomic E-state index is 9.69. The molecule has 1 fully saturated rings. The second-order valence-electron chi connectivity index (χ2n) is 7.27. The lowest BCUT2D eigenvalue weighted by Crippen LogP contribution is -2.36. The first-order chi connectivity index (χ1) is 14.8. The minimum Gasteiger partial charge on any atom is -0.379 e. The molecule has 0 spiro atoms. The van der Waals surface area contributed by atoms with E-state index in [1.165, 1.54) is 0 Å². The van der Waals surface area contributed by atoms with Crippen molar-refractivity contribution in [2.45, 2.75) is 17.3 Å². The molecule has 6 nitrogen and oxygen atoms in total. The summed E-state index contributed by atoms with van der Waals surface area (Å²) in [6.45, 7) is 4.05. The van der Waals surface area contributed by atoms with Gasteiger partial charge in [-0.1, -0.05) is 24.3 Å². The highest BCUT2D eigenvalue weighted by molar-refractivity contribution is 7.98. The molecule has 0 saturated carbocycles. The molecule has 7 heteroatoms. The highest BCUT2D eigenvalue weighted by Gasteiger charge is 2.16. The van der Waals surface area contributed by atoms with E-state index in [0.717, 1.165) is 71.2 Å². The van der Waals surface area contributed by atoms with Crippen molar-refractivity contribution in [3.63, 3.8) is 0 Å². The second kappa shape index (κ2) is 8.44. The third-order valence-corrected chi connectivity index (χ3v) is 6.36. The Balaban J connectivity index is 1.45. The van der Waals surface area contributed by atoms with Crippen molar-refractivity contribution in [2.75, 3.05) is 26.3 Å². The van der Waals surface area contributed by atoms with Crippen molar-refractivity contribution >= 4 is 28.2 Å². The summed E-state index contributed by atoms with van der Waals surface area (Å²) in [7, 11) is 0. The number of benzene rings is 1. The number of ether oxygens (including phenoxy) is 1. The van der Waals surface area contributed by atoms with Crippen LogP contribution in [0.5, 0.6) is 0 Å². The van der Waals surface area contributed by atoms with Gasteiger partial charge in [-0.05, 0) is 23.8 Å². The molecule has 1 aromatic carbocycles. The van der Waals surface area contributed by atoms with Gasteiger partial charge >= 0.3 is 0 Å². The molecule has 1 saturated heterocycles. The summed E-state index contributed by atoms with van der Waals surface area (Å²) >= 11 is 1.67. The third kappa shape index (κ3) is 3.77. The number of aromatic nitrogens is 3. The summed E-state index contributed by atoms with van der Waals surface area (Å²) in [5.41, 5.74) is 3.65. The van der Waals surface area contributed by atoms with Crippen molar-refractivity contribution in [1.82, 2.24) is 19.3 Å². The van der Waals surface area contributed by atoms with Gasteiger partial charge in [0.2, 0.25) is 0 Å². The maximum atomic E-state index is 9.69. The third-order valence-electron chi connectivity index (χ3n) is 5.32. The Morgan fingerprint density at radius 3 is 2.77 bits per heavy atom. The molecule has 30 heavy (non-hydrogen) atoms.